The van der Waals surface area contributed by atoms with Crippen LogP contribution in [0.15, 0.2) is 23.2 Å². The molecule has 0 saturated carbocycles. The minimum Gasteiger partial charge on any atom is -0.481 e. The number of carboxylic acids is 1. The first-order chi connectivity index (χ1) is 9.80. The maximum absolute atomic E-state index is 12.3. The summed E-state index contributed by atoms with van der Waals surface area (Å²) in [4.78, 5) is 23.8. The van der Waals surface area contributed by atoms with Crippen LogP contribution in [0.4, 0.5) is 5.82 Å². The number of carboxylic acid groups (broad SMARTS) is 1. The average Bonchev–Trinajstić information content (AvgIpc) is 2.87. The van der Waals surface area contributed by atoms with Gasteiger partial charge in [0.05, 0.1) is 0 Å². The highest BCUT2D eigenvalue weighted by atomic mass is 32.2. The van der Waals surface area contributed by atoms with E-state index in [0.29, 0.717) is 6.42 Å². The summed E-state index contributed by atoms with van der Waals surface area (Å²) in [5.41, 5.74) is 0. The van der Waals surface area contributed by atoms with Gasteiger partial charge >= 0.3 is 11.8 Å². The topological polar surface area (TPSA) is 131 Å². The van der Waals surface area contributed by atoms with Crippen molar-refractivity contribution in [3.05, 3.63) is 28.4 Å². The van der Waals surface area contributed by atoms with Crippen molar-refractivity contribution in [2.24, 2.45) is 5.92 Å². The molecule has 9 nitrogen and oxygen atoms in total. The summed E-state index contributed by atoms with van der Waals surface area (Å²) in [5, 5.41) is 19.2. The van der Waals surface area contributed by atoms with Crippen LogP contribution in [0.5, 0.6) is 0 Å². The number of carbonyl (C=O) groups is 1. The standard InChI is InChI=1S/C11H13N3O6S/c15-11(16)5-8-3-4-13(7-8)21(19,20)9-1-2-10(12-6-9)14(17)18/h1-2,6,8H,3-5,7H2,(H,15,16). The summed E-state index contributed by atoms with van der Waals surface area (Å²) in [5.74, 6) is -1.61. The van der Waals surface area contributed by atoms with E-state index in [2.05, 4.69) is 4.98 Å². The molecular formula is C11H13N3O6S. The Labute approximate surface area is 120 Å². The lowest BCUT2D eigenvalue weighted by molar-refractivity contribution is -0.389. The number of aromatic nitrogens is 1. The van der Waals surface area contributed by atoms with Crippen LogP contribution >= 0.6 is 0 Å². The third-order valence-corrected chi connectivity index (χ3v) is 5.11. The highest BCUT2D eigenvalue weighted by molar-refractivity contribution is 7.89. The van der Waals surface area contributed by atoms with Crippen LogP contribution < -0.4 is 0 Å². The van der Waals surface area contributed by atoms with Crippen LogP contribution in [0.25, 0.3) is 0 Å². The molecule has 0 spiro atoms. The van der Waals surface area contributed by atoms with E-state index in [1.54, 1.807) is 0 Å². The zero-order valence-corrected chi connectivity index (χ0v) is 11.7. The molecule has 114 valence electrons. The summed E-state index contributed by atoms with van der Waals surface area (Å²) < 4.78 is 25.8. The number of sulfonamides is 1. The van der Waals surface area contributed by atoms with Gasteiger partial charge in [-0.25, -0.2) is 8.42 Å². The predicted octanol–water partition coefficient (Wildman–Crippen LogP) is 0.475. The summed E-state index contributed by atoms with van der Waals surface area (Å²) >= 11 is 0. The maximum Gasteiger partial charge on any atom is 0.363 e. The summed E-state index contributed by atoms with van der Waals surface area (Å²) in [6.45, 7) is 0.364. The zero-order valence-electron chi connectivity index (χ0n) is 10.9. The molecule has 0 bridgehead atoms. The van der Waals surface area contributed by atoms with Crippen LogP contribution in [0, 0.1) is 16.0 Å². The molecule has 1 aromatic heterocycles. The van der Waals surface area contributed by atoms with E-state index in [4.69, 9.17) is 5.11 Å². The zero-order chi connectivity index (χ0) is 15.6. The summed E-state index contributed by atoms with van der Waals surface area (Å²) in [6.07, 6.45) is 1.34. The monoisotopic (exact) mass is 315 g/mol. The van der Waals surface area contributed by atoms with Crippen LogP contribution in [0.2, 0.25) is 0 Å². The summed E-state index contributed by atoms with van der Waals surface area (Å²) in [7, 11) is -3.79. The lowest BCUT2D eigenvalue weighted by Gasteiger charge is -2.15. The van der Waals surface area contributed by atoms with Crippen molar-refractivity contribution in [1.82, 2.24) is 9.29 Å². The van der Waals surface area contributed by atoms with Crippen molar-refractivity contribution in [1.29, 1.82) is 0 Å². The molecular weight excluding hydrogens is 302 g/mol. The number of nitrogens with zero attached hydrogens (tertiary/aromatic N) is 3. The van der Waals surface area contributed by atoms with Crippen LogP contribution in [0.3, 0.4) is 0 Å². The smallest absolute Gasteiger partial charge is 0.363 e. The van der Waals surface area contributed by atoms with Gasteiger partial charge in [-0.3, -0.25) is 4.79 Å². The quantitative estimate of drug-likeness (QED) is 0.617. The average molecular weight is 315 g/mol. The predicted molar refractivity (Wildman–Crippen MR) is 70.0 cm³/mol. The van der Waals surface area contributed by atoms with Crippen molar-refractivity contribution >= 4 is 21.8 Å². The minimum atomic E-state index is -3.79. The molecule has 1 aliphatic rings. The lowest BCUT2D eigenvalue weighted by Crippen LogP contribution is -2.29. The van der Waals surface area contributed by atoms with Crippen LogP contribution in [-0.2, 0) is 14.8 Å². The van der Waals surface area contributed by atoms with Gasteiger partial charge in [-0.15, -0.1) is 0 Å². The molecule has 1 aliphatic heterocycles. The molecule has 0 aliphatic carbocycles. The van der Waals surface area contributed by atoms with Crippen molar-refractivity contribution in [2.45, 2.75) is 17.7 Å². The number of hydrogen-bond donors (Lipinski definition) is 1. The molecule has 1 saturated heterocycles. The van der Waals surface area contributed by atoms with E-state index in [1.165, 1.54) is 4.31 Å². The number of aliphatic carboxylic acids is 1. The fourth-order valence-corrected chi connectivity index (χ4v) is 3.69. The minimum absolute atomic E-state index is 0.0788. The molecule has 10 heteroatoms. The van der Waals surface area contributed by atoms with E-state index in [1.807, 2.05) is 0 Å². The Morgan fingerprint density at radius 2 is 2.24 bits per heavy atom. The fourth-order valence-electron chi connectivity index (χ4n) is 2.21. The van der Waals surface area contributed by atoms with E-state index in [-0.39, 0.29) is 30.3 Å². The van der Waals surface area contributed by atoms with Crippen LogP contribution in [0.1, 0.15) is 12.8 Å². The van der Waals surface area contributed by atoms with Gasteiger partial charge in [0.15, 0.2) is 6.20 Å². The molecule has 1 atom stereocenters. The Bertz CT molecular complexity index is 657. The number of hydrogen-bond acceptors (Lipinski definition) is 6. The second kappa shape index (κ2) is 5.74. The molecule has 2 heterocycles. The first-order valence-corrected chi connectivity index (χ1v) is 7.57. The van der Waals surface area contributed by atoms with E-state index in [0.717, 1.165) is 18.3 Å². The van der Waals surface area contributed by atoms with Crippen molar-refractivity contribution in [3.63, 3.8) is 0 Å². The fraction of sp³-hybridized carbons (Fsp3) is 0.455. The highest BCUT2D eigenvalue weighted by Crippen LogP contribution is 2.26. The Morgan fingerprint density at radius 1 is 1.52 bits per heavy atom. The molecule has 1 aromatic rings. The van der Waals surface area contributed by atoms with E-state index < -0.39 is 26.7 Å². The molecule has 21 heavy (non-hydrogen) atoms. The van der Waals surface area contributed by atoms with Gasteiger partial charge in [-0.05, 0) is 28.3 Å². The molecule has 0 amide bonds. The molecule has 0 radical (unpaired) electrons. The van der Waals surface area contributed by atoms with Gasteiger partial charge in [0.1, 0.15) is 4.90 Å². The SMILES string of the molecule is O=C(O)CC1CCN(S(=O)(=O)c2ccc([N+](=O)[O-])nc2)C1. The molecule has 2 rings (SSSR count). The molecule has 1 fully saturated rings. The molecule has 0 aromatic carbocycles. The lowest BCUT2D eigenvalue weighted by atomic mass is 10.1. The third kappa shape index (κ3) is 3.34. The molecule has 1 N–H and O–H groups in total. The first kappa shape index (κ1) is 15.3. The largest absolute Gasteiger partial charge is 0.481 e. The van der Waals surface area contributed by atoms with Gasteiger partial charge < -0.3 is 15.2 Å². The Morgan fingerprint density at radius 3 is 2.76 bits per heavy atom. The number of nitro groups is 1. The Balaban J connectivity index is 2.15. The van der Waals surface area contributed by atoms with Crippen molar-refractivity contribution in [2.75, 3.05) is 13.1 Å². The van der Waals surface area contributed by atoms with Gasteiger partial charge in [-0.2, -0.15) is 4.31 Å². The van der Waals surface area contributed by atoms with E-state index in [9.17, 15) is 23.3 Å². The van der Waals surface area contributed by atoms with Gasteiger partial charge in [-0.1, -0.05) is 0 Å². The van der Waals surface area contributed by atoms with Crippen LogP contribution in [-0.4, -0.2) is 46.8 Å². The second-order valence-electron chi connectivity index (χ2n) is 4.72. The first-order valence-electron chi connectivity index (χ1n) is 6.13. The van der Waals surface area contributed by atoms with Crippen molar-refractivity contribution in [3.8, 4) is 0 Å². The normalized spacial score (nSPS) is 19.5. The van der Waals surface area contributed by atoms with E-state index >= 15 is 0 Å². The highest BCUT2D eigenvalue weighted by Gasteiger charge is 2.34. The summed E-state index contributed by atoms with van der Waals surface area (Å²) in [6, 6.07) is 2.16. The Kier molecular flexibility index (Phi) is 4.19. The maximum atomic E-state index is 12.3. The Hall–Kier alpha value is -2.07. The third-order valence-electron chi connectivity index (χ3n) is 3.26. The van der Waals surface area contributed by atoms with Gasteiger partial charge in [0, 0.05) is 25.6 Å². The number of rotatable bonds is 5. The second-order valence-corrected chi connectivity index (χ2v) is 6.66. The van der Waals surface area contributed by atoms with Gasteiger partial charge in [0.2, 0.25) is 10.0 Å². The number of pyridine rings is 1. The van der Waals surface area contributed by atoms with Crippen molar-refractivity contribution < 1.29 is 23.2 Å². The van der Waals surface area contributed by atoms with Gasteiger partial charge in [0.25, 0.3) is 0 Å². The molecule has 1 unspecified atom stereocenters.